The van der Waals surface area contributed by atoms with Crippen LogP contribution in [0, 0.1) is 28.9 Å². The van der Waals surface area contributed by atoms with Crippen LogP contribution >= 0.6 is 11.6 Å². The van der Waals surface area contributed by atoms with Gasteiger partial charge in [0.1, 0.15) is 22.8 Å². The van der Waals surface area contributed by atoms with E-state index in [2.05, 4.69) is 43.8 Å². The van der Waals surface area contributed by atoms with Crippen LogP contribution in [0.3, 0.4) is 0 Å². The van der Waals surface area contributed by atoms with E-state index in [1.54, 1.807) is 0 Å². The number of nitrogens with zero attached hydrogens (tertiary/aromatic N) is 4. The van der Waals surface area contributed by atoms with E-state index in [1.165, 1.54) is 0 Å². The topological polar surface area (TPSA) is 87.2 Å². The van der Waals surface area contributed by atoms with Gasteiger partial charge in [0.05, 0.1) is 29.9 Å². The third-order valence-electron chi connectivity index (χ3n) is 6.46. The van der Waals surface area contributed by atoms with Crippen LogP contribution < -0.4 is 4.90 Å². The van der Waals surface area contributed by atoms with Crippen LogP contribution in [0.25, 0.3) is 11.2 Å². The third-order valence-corrected chi connectivity index (χ3v) is 6.83. The summed E-state index contributed by atoms with van der Waals surface area (Å²) in [6.45, 7) is 4.18. The number of aliphatic hydroxyl groups excluding tert-OH is 1. The summed E-state index contributed by atoms with van der Waals surface area (Å²) in [5.41, 5.74) is 1.32. The van der Waals surface area contributed by atoms with Gasteiger partial charge in [0, 0.05) is 13.1 Å². The highest BCUT2D eigenvalue weighted by Crippen LogP contribution is 2.42. The number of nitrogens with one attached hydrogen (secondary N) is 1. The number of rotatable bonds is 2. The average molecular weight is 474 g/mol. The van der Waals surface area contributed by atoms with Crippen molar-refractivity contribution in [2.45, 2.75) is 38.9 Å². The zero-order valence-corrected chi connectivity index (χ0v) is 18.7. The highest BCUT2D eigenvalue weighted by molar-refractivity contribution is 6.31. The number of ether oxygens (including phenoxy) is 1. The summed E-state index contributed by atoms with van der Waals surface area (Å²) in [7, 11) is 0. The Hall–Kier alpha value is -2.80. The monoisotopic (exact) mass is 473 g/mol. The first kappa shape index (κ1) is 22.0. The first-order valence-electron chi connectivity index (χ1n) is 10.8. The second kappa shape index (κ2) is 8.52. The molecule has 33 heavy (non-hydrogen) atoms. The molecule has 2 fully saturated rings. The molecular weight excluding hydrogens is 452 g/mol. The van der Waals surface area contributed by atoms with Crippen molar-refractivity contribution in [3.63, 3.8) is 0 Å². The maximum absolute atomic E-state index is 14.0. The Morgan fingerprint density at radius 3 is 2.70 bits per heavy atom. The summed E-state index contributed by atoms with van der Waals surface area (Å²) in [6.07, 6.45) is 3.33. The smallest absolute Gasteiger partial charge is 0.177 e. The Kier molecular flexibility index (Phi) is 5.69. The molecule has 0 bridgehead atoms. The van der Waals surface area contributed by atoms with Crippen LogP contribution in [0.2, 0.25) is 5.02 Å². The lowest BCUT2D eigenvalue weighted by Crippen LogP contribution is -2.41. The standard InChI is InChI=1S/C23H22ClF2N5O2/c1-13-10-23(12-33-13)6-8-31(9-7-23)22-18(11-32)27-20-17(29-30-21(20)28-22)5-2-14-15(25)3-4-16(26)19(14)24/h3-4,13,32H,6-12H2,1H3,(H,28,29,30)/t13-/m0/s1. The molecule has 4 heterocycles. The highest BCUT2D eigenvalue weighted by Gasteiger charge is 2.41. The Bertz CT molecular complexity index is 1280. The molecule has 0 aliphatic carbocycles. The minimum Gasteiger partial charge on any atom is -0.390 e. The maximum atomic E-state index is 14.0. The molecular formula is C23H22ClF2N5O2. The number of hydrogen-bond acceptors (Lipinski definition) is 6. The van der Waals surface area contributed by atoms with E-state index in [4.69, 9.17) is 16.3 Å². The predicted molar refractivity (Wildman–Crippen MR) is 119 cm³/mol. The number of H-pyrrole nitrogens is 1. The number of anilines is 1. The number of aliphatic hydroxyl groups is 1. The van der Waals surface area contributed by atoms with Gasteiger partial charge in [-0.15, -0.1) is 0 Å². The molecule has 7 nitrogen and oxygen atoms in total. The van der Waals surface area contributed by atoms with Crippen molar-refractivity contribution >= 4 is 28.6 Å². The van der Waals surface area contributed by atoms with Crippen molar-refractivity contribution < 1.29 is 18.6 Å². The summed E-state index contributed by atoms with van der Waals surface area (Å²) < 4.78 is 33.5. The fourth-order valence-electron chi connectivity index (χ4n) is 4.66. The summed E-state index contributed by atoms with van der Waals surface area (Å²) in [6, 6.07) is 1.90. The van der Waals surface area contributed by atoms with E-state index in [0.717, 1.165) is 51.1 Å². The van der Waals surface area contributed by atoms with Gasteiger partial charge >= 0.3 is 0 Å². The van der Waals surface area contributed by atoms with E-state index >= 15 is 0 Å². The van der Waals surface area contributed by atoms with E-state index in [-0.39, 0.29) is 23.3 Å². The summed E-state index contributed by atoms with van der Waals surface area (Å²) in [5, 5.41) is 16.5. The molecule has 2 aliphatic heterocycles. The molecule has 0 radical (unpaired) electrons. The molecule has 2 aromatic heterocycles. The lowest BCUT2D eigenvalue weighted by atomic mass is 9.77. The van der Waals surface area contributed by atoms with Crippen LogP contribution in [-0.4, -0.2) is 51.1 Å². The molecule has 0 saturated carbocycles. The van der Waals surface area contributed by atoms with Crippen molar-refractivity contribution in [3.8, 4) is 11.8 Å². The Balaban J connectivity index is 1.44. The van der Waals surface area contributed by atoms with Crippen LogP contribution in [0.5, 0.6) is 0 Å². The predicted octanol–water partition coefficient (Wildman–Crippen LogP) is 3.57. The molecule has 2 saturated heterocycles. The molecule has 0 unspecified atom stereocenters. The molecule has 172 valence electrons. The molecule has 2 aliphatic rings. The average Bonchev–Trinajstić information content (AvgIpc) is 3.38. The minimum absolute atomic E-state index is 0.202. The Morgan fingerprint density at radius 1 is 1.24 bits per heavy atom. The van der Waals surface area contributed by atoms with Gasteiger partial charge in [0.2, 0.25) is 0 Å². The highest BCUT2D eigenvalue weighted by atomic mass is 35.5. The van der Waals surface area contributed by atoms with E-state index in [1.807, 2.05) is 0 Å². The molecule has 5 rings (SSSR count). The van der Waals surface area contributed by atoms with E-state index < -0.39 is 16.7 Å². The fourth-order valence-corrected chi connectivity index (χ4v) is 4.86. The van der Waals surface area contributed by atoms with Crippen molar-refractivity contribution in [3.05, 3.63) is 45.7 Å². The van der Waals surface area contributed by atoms with Gasteiger partial charge in [-0.2, -0.15) is 5.10 Å². The van der Waals surface area contributed by atoms with Gasteiger partial charge in [-0.1, -0.05) is 17.5 Å². The number of aromatic amines is 1. The SMILES string of the molecule is C[C@H]1CC2(CCN(c3nc4[nH]nc(C#Cc5c(F)ccc(F)c5Cl)c4nc3CO)CC2)CO1. The lowest BCUT2D eigenvalue weighted by Gasteiger charge is -2.39. The summed E-state index contributed by atoms with van der Waals surface area (Å²) >= 11 is 5.84. The van der Waals surface area contributed by atoms with Gasteiger partial charge < -0.3 is 14.7 Å². The first-order chi connectivity index (χ1) is 15.9. The van der Waals surface area contributed by atoms with Crippen LogP contribution in [0.1, 0.15) is 43.1 Å². The molecule has 2 N–H and O–H groups in total. The number of halogens is 3. The normalized spacial score (nSPS) is 19.8. The second-order valence-corrected chi connectivity index (χ2v) is 9.08. The molecule has 3 aromatic rings. The fraction of sp³-hybridized carbons (Fsp3) is 0.435. The lowest BCUT2D eigenvalue weighted by molar-refractivity contribution is 0.0975. The number of fused-ring (bicyclic) bond motifs is 1. The van der Waals surface area contributed by atoms with Crippen LogP contribution in [0.4, 0.5) is 14.6 Å². The number of piperidine rings is 1. The van der Waals surface area contributed by atoms with Crippen LogP contribution in [-0.2, 0) is 11.3 Å². The molecule has 10 heteroatoms. The number of hydrogen-bond donors (Lipinski definition) is 2. The second-order valence-electron chi connectivity index (χ2n) is 8.70. The van der Waals surface area contributed by atoms with Gasteiger partial charge in [-0.25, -0.2) is 18.7 Å². The minimum atomic E-state index is -0.761. The molecule has 1 atom stereocenters. The quantitative estimate of drug-likeness (QED) is 0.437. The van der Waals surface area contributed by atoms with E-state index in [9.17, 15) is 13.9 Å². The number of aromatic nitrogens is 4. The van der Waals surface area contributed by atoms with Gasteiger partial charge in [-0.3, -0.25) is 5.10 Å². The van der Waals surface area contributed by atoms with Gasteiger partial charge in [-0.05, 0) is 49.7 Å². The first-order valence-corrected chi connectivity index (χ1v) is 11.1. The van der Waals surface area contributed by atoms with E-state index in [0.29, 0.717) is 28.8 Å². The van der Waals surface area contributed by atoms with Gasteiger partial charge in [0.15, 0.2) is 17.2 Å². The maximum Gasteiger partial charge on any atom is 0.177 e. The zero-order chi connectivity index (χ0) is 23.2. The molecule has 1 aromatic carbocycles. The van der Waals surface area contributed by atoms with Crippen molar-refractivity contribution in [2.75, 3.05) is 24.6 Å². The zero-order valence-electron chi connectivity index (χ0n) is 18.0. The largest absolute Gasteiger partial charge is 0.390 e. The Labute approximate surface area is 194 Å². The van der Waals surface area contributed by atoms with Crippen molar-refractivity contribution in [1.29, 1.82) is 0 Å². The third kappa shape index (κ3) is 4.03. The van der Waals surface area contributed by atoms with Crippen molar-refractivity contribution in [2.24, 2.45) is 5.41 Å². The molecule has 1 spiro atoms. The summed E-state index contributed by atoms with van der Waals surface area (Å²) in [4.78, 5) is 11.3. The summed E-state index contributed by atoms with van der Waals surface area (Å²) in [5.74, 6) is 4.33. The number of benzene rings is 1. The Morgan fingerprint density at radius 2 is 2.00 bits per heavy atom. The van der Waals surface area contributed by atoms with Gasteiger partial charge in [0.25, 0.3) is 0 Å². The van der Waals surface area contributed by atoms with Crippen molar-refractivity contribution in [1.82, 2.24) is 20.2 Å². The molecule has 0 amide bonds. The van der Waals surface area contributed by atoms with Crippen LogP contribution in [0.15, 0.2) is 12.1 Å².